The number of fused-ring (bicyclic) bond motifs is 1. The van der Waals surface area contributed by atoms with E-state index >= 15 is 0 Å². The van der Waals surface area contributed by atoms with Crippen molar-refractivity contribution < 1.29 is 4.79 Å². The molecule has 0 saturated heterocycles. The van der Waals surface area contributed by atoms with Crippen LogP contribution in [-0.2, 0) is 18.4 Å². The second-order valence-corrected chi connectivity index (χ2v) is 5.88. The molecule has 1 aromatic carbocycles. The SMILES string of the molecule is CCCC(C)(N)C(=O)NCc1nc2cccc(C)c2n1C. The first kappa shape index (κ1) is 15.5. The van der Waals surface area contributed by atoms with E-state index in [0.717, 1.165) is 23.3 Å². The number of hydrogen-bond acceptors (Lipinski definition) is 3. The maximum Gasteiger partial charge on any atom is 0.240 e. The van der Waals surface area contributed by atoms with Crippen LogP contribution in [0.3, 0.4) is 0 Å². The van der Waals surface area contributed by atoms with E-state index in [-0.39, 0.29) is 5.91 Å². The fourth-order valence-electron chi connectivity index (χ4n) is 2.67. The third-order valence-corrected chi connectivity index (χ3v) is 3.88. The lowest BCUT2D eigenvalue weighted by atomic mass is 9.97. The molecule has 0 saturated carbocycles. The molecule has 3 N–H and O–H groups in total. The largest absolute Gasteiger partial charge is 0.347 e. The van der Waals surface area contributed by atoms with Crippen molar-refractivity contribution in [2.45, 2.75) is 45.7 Å². The first-order chi connectivity index (χ1) is 9.86. The zero-order chi connectivity index (χ0) is 15.6. The van der Waals surface area contributed by atoms with Gasteiger partial charge < -0.3 is 15.6 Å². The number of nitrogens with one attached hydrogen (secondary N) is 1. The van der Waals surface area contributed by atoms with Gasteiger partial charge in [-0.15, -0.1) is 0 Å². The normalized spacial score (nSPS) is 14.1. The summed E-state index contributed by atoms with van der Waals surface area (Å²) in [6, 6.07) is 6.04. The van der Waals surface area contributed by atoms with Gasteiger partial charge in [-0.2, -0.15) is 0 Å². The summed E-state index contributed by atoms with van der Waals surface area (Å²) in [7, 11) is 1.97. The topological polar surface area (TPSA) is 72.9 Å². The predicted molar refractivity (Wildman–Crippen MR) is 84.8 cm³/mol. The second-order valence-electron chi connectivity index (χ2n) is 5.88. The van der Waals surface area contributed by atoms with Crippen LogP contribution in [0.1, 0.15) is 38.1 Å². The highest BCUT2D eigenvalue weighted by Gasteiger charge is 2.27. The van der Waals surface area contributed by atoms with Crippen LogP contribution in [0.15, 0.2) is 18.2 Å². The highest BCUT2D eigenvalue weighted by molar-refractivity contribution is 5.85. The van der Waals surface area contributed by atoms with Crippen LogP contribution in [0, 0.1) is 6.92 Å². The van der Waals surface area contributed by atoms with E-state index in [2.05, 4.69) is 23.3 Å². The van der Waals surface area contributed by atoms with Crippen molar-refractivity contribution in [2.75, 3.05) is 0 Å². The lowest BCUT2D eigenvalue weighted by Gasteiger charge is -2.22. The van der Waals surface area contributed by atoms with Crippen molar-refractivity contribution in [1.82, 2.24) is 14.9 Å². The van der Waals surface area contributed by atoms with Gasteiger partial charge in [0.2, 0.25) is 5.91 Å². The smallest absolute Gasteiger partial charge is 0.240 e. The fourth-order valence-corrected chi connectivity index (χ4v) is 2.67. The molecule has 1 aromatic heterocycles. The number of carbonyl (C=O) groups excluding carboxylic acids is 1. The molecule has 2 aromatic rings. The van der Waals surface area contributed by atoms with E-state index in [1.54, 1.807) is 6.92 Å². The molecule has 1 unspecified atom stereocenters. The molecule has 1 amide bonds. The first-order valence-electron chi connectivity index (χ1n) is 7.35. The summed E-state index contributed by atoms with van der Waals surface area (Å²) >= 11 is 0. The number of hydrogen-bond donors (Lipinski definition) is 2. The summed E-state index contributed by atoms with van der Waals surface area (Å²) in [5.41, 5.74) is 8.44. The summed E-state index contributed by atoms with van der Waals surface area (Å²) < 4.78 is 2.03. The Morgan fingerprint density at radius 3 is 2.81 bits per heavy atom. The van der Waals surface area contributed by atoms with Crippen molar-refractivity contribution >= 4 is 16.9 Å². The van der Waals surface area contributed by atoms with Crippen molar-refractivity contribution in [2.24, 2.45) is 12.8 Å². The number of nitrogens with two attached hydrogens (primary N) is 1. The van der Waals surface area contributed by atoms with Gasteiger partial charge in [0.1, 0.15) is 5.82 Å². The number of imidazole rings is 1. The van der Waals surface area contributed by atoms with Gasteiger partial charge in [-0.25, -0.2) is 4.98 Å². The number of amides is 1. The maximum absolute atomic E-state index is 12.1. The molecule has 21 heavy (non-hydrogen) atoms. The number of para-hydroxylation sites is 1. The Labute approximate surface area is 125 Å². The molecule has 5 nitrogen and oxygen atoms in total. The molecule has 114 valence electrons. The fraction of sp³-hybridized carbons (Fsp3) is 0.500. The Morgan fingerprint density at radius 1 is 1.48 bits per heavy atom. The van der Waals surface area contributed by atoms with Gasteiger partial charge in [0.15, 0.2) is 0 Å². The molecule has 5 heteroatoms. The summed E-state index contributed by atoms with van der Waals surface area (Å²) in [5.74, 6) is 0.702. The van der Waals surface area contributed by atoms with E-state index < -0.39 is 5.54 Å². The van der Waals surface area contributed by atoms with Crippen molar-refractivity contribution in [3.8, 4) is 0 Å². The van der Waals surface area contributed by atoms with E-state index in [4.69, 9.17) is 5.73 Å². The quantitative estimate of drug-likeness (QED) is 0.884. The molecule has 0 spiro atoms. The van der Waals surface area contributed by atoms with Gasteiger partial charge in [-0.3, -0.25) is 4.79 Å². The van der Waals surface area contributed by atoms with Crippen LogP contribution < -0.4 is 11.1 Å². The van der Waals surface area contributed by atoms with Gasteiger partial charge in [-0.05, 0) is 31.9 Å². The second kappa shape index (κ2) is 5.85. The van der Waals surface area contributed by atoms with E-state index in [1.165, 1.54) is 5.56 Å². The number of nitrogens with zero attached hydrogens (tertiary/aromatic N) is 2. The summed E-state index contributed by atoms with van der Waals surface area (Å²) in [5, 5.41) is 2.90. The zero-order valence-corrected chi connectivity index (χ0v) is 13.2. The number of aryl methyl sites for hydroxylation is 2. The maximum atomic E-state index is 12.1. The summed E-state index contributed by atoms with van der Waals surface area (Å²) in [6.45, 7) is 6.24. The van der Waals surface area contributed by atoms with Crippen LogP contribution in [-0.4, -0.2) is 21.0 Å². The first-order valence-corrected chi connectivity index (χ1v) is 7.35. The average Bonchev–Trinajstić information content (AvgIpc) is 2.74. The molecule has 1 heterocycles. The number of rotatable bonds is 5. The van der Waals surface area contributed by atoms with Crippen molar-refractivity contribution in [1.29, 1.82) is 0 Å². The minimum absolute atomic E-state index is 0.131. The molecule has 0 radical (unpaired) electrons. The van der Waals surface area contributed by atoms with Gasteiger partial charge in [0.25, 0.3) is 0 Å². The highest BCUT2D eigenvalue weighted by Crippen LogP contribution is 2.18. The Balaban J connectivity index is 2.16. The monoisotopic (exact) mass is 288 g/mol. The van der Waals surface area contributed by atoms with Gasteiger partial charge in [0, 0.05) is 7.05 Å². The van der Waals surface area contributed by atoms with E-state index in [1.807, 2.05) is 30.7 Å². The van der Waals surface area contributed by atoms with Crippen LogP contribution in [0.5, 0.6) is 0 Å². The zero-order valence-electron chi connectivity index (χ0n) is 13.2. The van der Waals surface area contributed by atoms with E-state index in [0.29, 0.717) is 13.0 Å². The third kappa shape index (κ3) is 3.08. The Kier molecular flexibility index (Phi) is 4.32. The molecule has 2 rings (SSSR count). The number of carbonyl (C=O) groups is 1. The van der Waals surface area contributed by atoms with Crippen LogP contribution in [0.4, 0.5) is 0 Å². The van der Waals surface area contributed by atoms with E-state index in [9.17, 15) is 4.79 Å². The Bertz CT molecular complexity index is 658. The molecule has 1 atom stereocenters. The number of benzene rings is 1. The molecule has 0 bridgehead atoms. The summed E-state index contributed by atoms with van der Waals surface area (Å²) in [6.07, 6.45) is 1.55. The minimum Gasteiger partial charge on any atom is -0.347 e. The summed E-state index contributed by atoms with van der Waals surface area (Å²) in [4.78, 5) is 16.7. The molecule has 0 aliphatic heterocycles. The lowest BCUT2D eigenvalue weighted by molar-refractivity contribution is -0.126. The predicted octanol–water partition coefficient (Wildman–Crippen LogP) is 2.02. The Morgan fingerprint density at radius 2 is 2.19 bits per heavy atom. The molecular formula is C16H24N4O. The van der Waals surface area contributed by atoms with Crippen LogP contribution in [0.25, 0.3) is 11.0 Å². The van der Waals surface area contributed by atoms with Crippen molar-refractivity contribution in [3.63, 3.8) is 0 Å². The van der Waals surface area contributed by atoms with Crippen LogP contribution >= 0.6 is 0 Å². The Hall–Kier alpha value is -1.88. The van der Waals surface area contributed by atoms with Crippen molar-refractivity contribution in [3.05, 3.63) is 29.6 Å². The minimum atomic E-state index is -0.824. The molecule has 0 aliphatic rings. The van der Waals surface area contributed by atoms with Gasteiger partial charge >= 0.3 is 0 Å². The van der Waals surface area contributed by atoms with Gasteiger partial charge in [-0.1, -0.05) is 25.5 Å². The van der Waals surface area contributed by atoms with Gasteiger partial charge in [0.05, 0.1) is 23.1 Å². The number of aromatic nitrogens is 2. The molecular weight excluding hydrogens is 264 g/mol. The third-order valence-electron chi connectivity index (χ3n) is 3.88. The highest BCUT2D eigenvalue weighted by atomic mass is 16.2. The standard InChI is InChI=1S/C16H24N4O/c1-5-9-16(3,17)15(21)18-10-13-19-12-8-6-7-11(2)14(12)20(13)4/h6-8H,5,9-10,17H2,1-4H3,(H,18,21). The molecule has 0 aliphatic carbocycles. The molecule has 0 fully saturated rings. The lowest BCUT2D eigenvalue weighted by Crippen LogP contribution is -2.51. The average molecular weight is 288 g/mol. The van der Waals surface area contributed by atoms with Crippen LogP contribution in [0.2, 0.25) is 0 Å².